The summed E-state index contributed by atoms with van der Waals surface area (Å²) in [5.74, 6) is 0.881. The summed E-state index contributed by atoms with van der Waals surface area (Å²) in [6.45, 7) is 14.1. The van der Waals surface area contributed by atoms with E-state index in [1.165, 1.54) is 167 Å². The van der Waals surface area contributed by atoms with Crippen LogP contribution in [0.5, 0.6) is 0 Å². The molecule has 0 heterocycles. The van der Waals surface area contributed by atoms with E-state index in [-0.39, 0.29) is 25.7 Å². The lowest BCUT2D eigenvalue weighted by Crippen LogP contribution is -2.30. The molecule has 0 aromatic heterocycles. The van der Waals surface area contributed by atoms with Gasteiger partial charge < -0.3 is 33.8 Å². The molecular weight excluding hydrogens is 1220 g/mol. The third kappa shape index (κ3) is 65.8. The van der Waals surface area contributed by atoms with E-state index in [9.17, 15) is 43.2 Å². The Bertz CT molecular complexity index is 1840. The van der Waals surface area contributed by atoms with Crippen molar-refractivity contribution < 1.29 is 80.2 Å². The first-order valence-electron chi connectivity index (χ1n) is 38.3. The van der Waals surface area contributed by atoms with E-state index in [1.54, 1.807) is 0 Å². The van der Waals surface area contributed by atoms with Gasteiger partial charge in [0.1, 0.15) is 19.3 Å². The van der Waals surface area contributed by atoms with Gasteiger partial charge in [-0.2, -0.15) is 0 Å². The second-order valence-corrected chi connectivity index (χ2v) is 31.0. The zero-order valence-corrected chi connectivity index (χ0v) is 62.7. The molecule has 0 bridgehead atoms. The van der Waals surface area contributed by atoms with Gasteiger partial charge in [-0.25, -0.2) is 9.13 Å². The fourth-order valence-corrected chi connectivity index (χ4v) is 12.7. The van der Waals surface area contributed by atoms with Crippen molar-refractivity contribution in [1.82, 2.24) is 0 Å². The van der Waals surface area contributed by atoms with Gasteiger partial charge in [-0.1, -0.05) is 319 Å². The van der Waals surface area contributed by atoms with Crippen molar-refractivity contribution in [3.63, 3.8) is 0 Å². The number of phosphoric acid groups is 2. The predicted octanol–water partition coefficient (Wildman–Crippen LogP) is 21.3. The average molecular weight is 1370 g/mol. The second kappa shape index (κ2) is 63.5. The lowest BCUT2D eigenvalue weighted by atomic mass is 10.00. The maximum Gasteiger partial charge on any atom is 0.472 e. The van der Waals surface area contributed by atoms with E-state index in [0.717, 1.165) is 120 Å². The largest absolute Gasteiger partial charge is 0.472 e. The van der Waals surface area contributed by atoms with Crippen LogP contribution in [0.4, 0.5) is 0 Å². The van der Waals surface area contributed by atoms with Gasteiger partial charge in [0.15, 0.2) is 12.2 Å². The van der Waals surface area contributed by atoms with Crippen LogP contribution in [0.1, 0.15) is 370 Å². The lowest BCUT2D eigenvalue weighted by Gasteiger charge is -2.21. The molecule has 0 fully saturated rings. The number of hydrogen-bond acceptors (Lipinski definition) is 15. The summed E-state index contributed by atoms with van der Waals surface area (Å²) in [6, 6.07) is 0. The molecule has 0 aromatic rings. The van der Waals surface area contributed by atoms with Crippen LogP contribution in [-0.2, 0) is 65.4 Å². The van der Waals surface area contributed by atoms with Gasteiger partial charge in [0.25, 0.3) is 0 Å². The van der Waals surface area contributed by atoms with Gasteiger partial charge in [-0.3, -0.25) is 37.3 Å². The second-order valence-electron chi connectivity index (χ2n) is 28.1. The third-order valence-electron chi connectivity index (χ3n) is 17.8. The van der Waals surface area contributed by atoms with E-state index in [1.807, 2.05) is 0 Å². The Labute approximate surface area is 568 Å². The van der Waals surface area contributed by atoms with Crippen LogP contribution < -0.4 is 0 Å². The summed E-state index contributed by atoms with van der Waals surface area (Å²) < 4.78 is 68.3. The smallest absolute Gasteiger partial charge is 0.462 e. The average Bonchev–Trinajstić information content (AvgIpc) is 1.77. The minimum atomic E-state index is -4.95. The van der Waals surface area contributed by atoms with Crippen molar-refractivity contribution in [2.24, 2.45) is 23.7 Å². The highest BCUT2D eigenvalue weighted by molar-refractivity contribution is 7.47. The molecule has 0 amide bonds. The van der Waals surface area contributed by atoms with E-state index < -0.39 is 97.5 Å². The van der Waals surface area contributed by atoms with Gasteiger partial charge in [0.2, 0.25) is 0 Å². The number of rotatable bonds is 71. The highest BCUT2D eigenvalue weighted by Gasteiger charge is 2.30. The van der Waals surface area contributed by atoms with Crippen molar-refractivity contribution >= 4 is 39.5 Å². The number of carbonyl (C=O) groups excluding carboxylic acids is 4. The normalized spacial score (nSPS) is 14.8. The van der Waals surface area contributed by atoms with Crippen LogP contribution in [0.25, 0.3) is 0 Å². The number of carbonyl (C=O) groups is 4. The third-order valence-corrected chi connectivity index (χ3v) is 19.7. The summed E-state index contributed by atoms with van der Waals surface area (Å²) in [5.41, 5.74) is 0. The molecule has 19 heteroatoms. The molecule has 0 radical (unpaired) electrons. The molecule has 17 nitrogen and oxygen atoms in total. The Hall–Kier alpha value is -1.94. The van der Waals surface area contributed by atoms with Crippen LogP contribution in [-0.4, -0.2) is 96.7 Å². The Balaban J connectivity index is 5.15. The Morgan fingerprint density at radius 2 is 0.516 bits per heavy atom. The van der Waals surface area contributed by atoms with Gasteiger partial charge >= 0.3 is 39.5 Å². The fourth-order valence-electron chi connectivity index (χ4n) is 11.1. The molecular formula is C74H144O17P2. The minimum Gasteiger partial charge on any atom is -0.462 e. The zero-order chi connectivity index (χ0) is 68.9. The first-order chi connectivity index (χ1) is 44.7. The molecule has 0 saturated heterocycles. The maximum absolute atomic E-state index is 13.0. The van der Waals surface area contributed by atoms with Crippen molar-refractivity contribution in [3.8, 4) is 0 Å². The van der Waals surface area contributed by atoms with Crippen LogP contribution in [0.15, 0.2) is 0 Å². The standard InChI is InChI=1S/C74H144O17P2/c1-9-66(7)52-44-36-30-32-39-47-55-72(77)85-61-69(90-73(78)56-48-40-29-25-21-23-27-35-43-51-65(5)6)62-88-92(80,81)86-58-68(75)59-87-93(82,83)89-63-70(91-74(79)57-49-41-33-31-37-45-53-67(8)10-2)60-84-71(76)54-46-38-28-24-20-18-16-14-12-11-13-15-17-19-22-26-34-42-50-64(3)4/h64-70,75H,9-63H2,1-8H3,(H,80,81)(H,82,83)/t66?,67?,68-,69+,70+/m0/s1. The van der Waals surface area contributed by atoms with Gasteiger partial charge in [-0.15, -0.1) is 0 Å². The fraction of sp³-hybridized carbons (Fsp3) is 0.946. The quantitative estimate of drug-likeness (QED) is 0.0222. The summed E-state index contributed by atoms with van der Waals surface area (Å²) in [6.07, 6.45) is 47.5. The van der Waals surface area contributed by atoms with Crippen molar-refractivity contribution in [3.05, 3.63) is 0 Å². The van der Waals surface area contributed by atoms with E-state index in [2.05, 4.69) is 55.4 Å². The first-order valence-corrected chi connectivity index (χ1v) is 41.3. The molecule has 0 aliphatic carbocycles. The summed E-state index contributed by atoms with van der Waals surface area (Å²) in [7, 11) is -9.91. The molecule has 0 aliphatic heterocycles. The molecule has 552 valence electrons. The van der Waals surface area contributed by atoms with Crippen LogP contribution >= 0.6 is 15.6 Å². The molecule has 3 N–H and O–H groups in total. The summed E-state index contributed by atoms with van der Waals surface area (Å²) in [5, 5.41) is 10.6. The molecule has 7 atom stereocenters. The monoisotopic (exact) mass is 1370 g/mol. The van der Waals surface area contributed by atoms with Crippen LogP contribution in [0.2, 0.25) is 0 Å². The van der Waals surface area contributed by atoms with Crippen molar-refractivity contribution in [2.75, 3.05) is 39.6 Å². The SMILES string of the molecule is CCC(C)CCCCCCCCC(=O)OC[C@H](COP(=O)(O)OC[C@H](O)COP(=O)(O)OC[C@@H](COC(=O)CCCCCCCCCCCCCCCCCCCCC(C)C)OC(=O)CCCCCCCCC(C)CC)OC(=O)CCCCCCCCCCCC(C)C. The molecule has 0 saturated carbocycles. The topological polar surface area (TPSA) is 237 Å². The Morgan fingerprint density at radius 1 is 0.301 bits per heavy atom. The molecule has 0 aromatic carbocycles. The summed E-state index contributed by atoms with van der Waals surface area (Å²) in [4.78, 5) is 72.6. The Morgan fingerprint density at radius 3 is 0.763 bits per heavy atom. The zero-order valence-electron chi connectivity index (χ0n) is 60.9. The number of aliphatic hydroxyl groups excluding tert-OH is 1. The van der Waals surface area contributed by atoms with Crippen molar-refractivity contribution in [2.45, 2.75) is 388 Å². The number of aliphatic hydroxyl groups is 1. The summed E-state index contributed by atoms with van der Waals surface area (Å²) >= 11 is 0. The molecule has 4 unspecified atom stereocenters. The van der Waals surface area contributed by atoms with E-state index >= 15 is 0 Å². The molecule has 0 rings (SSSR count). The lowest BCUT2D eigenvalue weighted by molar-refractivity contribution is -0.161. The highest BCUT2D eigenvalue weighted by Crippen LogP contribution is 2.45. The van der Waals surface area contributed by atoms with Crippen LogP contribution in [0.3, 0.4) is 0 Å². The van der Waals surface area contributed by atoms with Crippen LogP contribution in [0, 0.1) is 23.7 Å². The van der Waals surface area contributed by atoms with E-state index in [4.69, 9.17) is 37.0 Å². The maximum atomic E-state index is 13.0. The molecule has 0 spiro atoms. The highest BCUT2D eigenvalue weighted by atomic mass is 31.2. The number of esters is 4. The number of hydrogen-bond donors (Lipinski definition) is 3. The minimum absolute atomic E-state index is 0.103. The number of ether oxygens (including phenoxy) is 4. The van der Waals surface area contributed by atoms with Crippen molar-refractivity contribution in [1.29, 1.82) is 0 Å². The van der Waals surface area contributed by atoms with Gasteiger partial charge in [0.05, 0.1) is 26.4 Å². The number of phosphoric ester groups is 2. The number of unbranched alkanes of at least 4 members (excludes halogenated alkanes) is 35. The Kier molecular flexibility index (Phi) is 62.2. The van der Waals surface area contributed by atoms with Gasteiger partial charge in [0, 0.05) is 25.7 Å². The first kappa shape index (κ1) is 91.1. The predicted molar refractivity (Wildman–Crippen MR) is 377 cm³/mol. The van der Waals surface area contributed by atoms with Gasteiger partial charge in [-0.05, 0) is 49.4 Å². The van der Waals surface area contributed by atoms with E-state index in [0.29, 0.717) is 25.7 Å². The molecule has 93 heavy (non-hydrogen) atoms. The molecule has 0 aliphatic rings.